The lowest BCUT2D eigenvalue weighted by molar-refractivity contribution is 0.140. The molecule has 0 bridgehead atoms. The van der Waals surface area contributed by atoms with E-state index in [1.54, 1.807) is 7.11 Å². The Morgan fingerprint density at radius 3 is 2.60 bits per heavy atom. The van der Waals surface area contributed by atoms with E-state index in [4.69, 9.17) is 4.74 Å². The predicted octanol–water partition coefficient (Wildman–Crippen LogP) is 2.73. The van der Waals surface area contributed by atoms with Crippen molar-refractivity contribution in [3.8, 4) is 5.75 Å². The number of hydrogen-bond acceptors (Lipinski definition) is 3. The largest absolute Gasteiger partial charge is 0.496 e. The number of ether oxygens (including phenoxy) is 1. The summed E-state index contributed by atoms with van der Waals surface area (Å²) < 4.78 is 5.39. The molecule has 0 radical (unpaired) electrons. The highest BCUT2D eigenvalue weighted by Crippen LogP contribution is 2.20. The van der Waals surface area contributed by atoms with Crippen molar-refractivity contribution in [2.24, 2.45) is 16.8 Å². The number of rotatable bonds is 7. The van der Waals surface area contributed by atoms with Crippen molar-refractivity contribution < 1.29 is 4.74 Å². The molecule has 5 nitrogen and oxygen atoms in total. The summed E-state index contributed by atoms with van der Waals surface area (Å²) in [7, 11) is 3.51. The van der Waals surface area contributed by atoms with Crippen LogP contribution in [0.2, 0.25) is 0 Å². The average Bonchev–Trinajstić information content (AvgIpc) is 2.60. The molecule has 1 fully saturated rings. The van der Waals surface area contributed by atoms with Gasteiger partial charge in [0.15, 0.2) is 5.96 Å². The molecule has 0 amide bonds. The van der Waals surface area contributed by atoms with Crippen LogP contribution in [0.4, 0.5) is 0 Å². The molecule has 0 spiro atoms. The zero-order valence-electron chi connectivity index (χ0n) is 16.2. The minimum atomic E-state index is 0.699. The number of aliphatic imine (C=N–C) groups is 1. The number of para-hydroxylation sites is 1. The van der Waals surface area contributed by atoms with E-state index in [-0.39, 0.29) is 0 Å². The van der Waals surface area contributed by atoms with Crippen molar-refractivity contribution in [3.63, 3.8) is 0 Å². The summed E-state index contributed by atoms with van der Waals surface area (Å²) in [6, 6.07) is 8.06. The number of nitrogens with one attached hydrogen (secondary N) is 2. The van der Waals surface area contributed by atoms with E-state index < -0.39 is 0 Å². The smallest absolute Gasteiger partial charge is 0.191 e. The van der Waals surface area contributed by atoms with E-state index in [1.807, 2.05) is 25.2 Å². The molecule has 2 N–H and O–H groups in total. The fourth-order valence-electron chi connectivity index (χ4n) is 3.73. The third-order valence-electron chi connectivity index (χ3n) is 4.75. The first-order valence-corrected chi connectivity index (χ1v) is 9.41. The fraction of sp³-hybridized carbons (Fsp3) is 0.650. The first kappa shape index (κ1) is 19.6. The maximum Gasteiger partial charge on any atom is 0.191 e. The highest BCUT2D eigenvalue weighted by Gasteiger charge is 2.20. The summed E-state index contributed by atoms with van der Waals surface area (Å²) in [6.45, 7) is 10.0. The van der Waals surface area contributed by atoms with Gasteiger partial charge >= 0.3 is 0 Å². The van der Waals surface area contributed by atoms with Gasteiger partial charge in [0.25, 0.3) is 0 Å². The lowest BCUT2D eigenvalue weighted by Crippen LogP contribution is -2.41. The second-order valence-electron chi connectivity index (χ2n) is 7.22. The molecule has 2 unspecified atom stereocenters. The van der Waals surface area contributed by atoms with Crippen LogP contribution in [0, 0.1) is 11.8 Å². The number of likely N-dealkylation sites (tertiary alicyclic amines) is 1. The number of hydrogen-bond donors (Lipinski definition) is 2. The van der Waals surface area contributed by atoms with Crippen molar-refractivity contribution in [1.29, 1.82) is 0 Å². The fourth-order valence-corrected chi connectivity index (χ4v) is 3.73. The monoisotopic (exact) mass is 346 g/mol. The first-order chi connectivity index (χ1) is 12.1. The Kier molecular flexibility index (Phi) is 8.06. The molecule has 25 heavy (non-hydrogen) atoms. The number of guanidine groups is 1. The lowest BCUT2D eigenvalue weighted by Gasteiger charge is -2.35. The van der Waals surface area contributed by atoms with Gasteiger partial charge in [-0.2, -0.15) is 0 Å². The quantitative estimate of drug-likeness (QED) is 0.453. The van der Waals surface area contributed by atoms with Crippen LogP contribution in [0.5, 0.6) is 5.75 Å². The molecule has 0 saturated carbocycles. The molecule has 0 aromatic heterocycles. The zero-order chi connectivity index (χ0) is 18.1. The van der Waals surface area contributed by atoms with Crippen molar-refractivity contribution >= 4 is 5.96 Å². The van der Waals surface area contributed by atoms with Gasteiger partial charge in [-0.3, -0.25) is 4.99 Å². The molecule has 140 valence electrons. The SMILES string of the molecule is CN=C(NCCCN1CC(C)CC(C)C1)NCc1ccccc1OC. The Morgan fingerprint density at radius 1 is 1.20 bits per heavy atom. The maximum atomic E-state index is 5.39. The third kappa shape index (κ3) is 6.58. The second-order valence-corrected chi connectivity index (χ2v) is 7.22. The molecular weight excluding hydrogens is 312 g/mol. The molecular formula is C20H34N4O. The van der Waals surface area contributed by atoms with Crippen molar-refractivity contribution in [2.75, 3.05) is 40.3 Å². The van der Waals surface area contributed by atoms with E-state index in [1.165, 1.54) is 19.5 Å². The average molecular weight is 347 g/mol. The molecule has 0 aliphatic carbocycles. The van der Waals surface area contributed by atoms with Crippen LogP contribution in [0.3, 0.4) is 0 Å². The third-order valence-corrected chi connectivity index (χ3v) is 4.75. The maximum absolute atomic E-state index is 5.39. The summed E-state index contributed by atoms with van der Waals surface area (Å²) in [5.41, 5.74) is 1.13. The number of nitrogens with zero attached hydrogens (tertiary/aromatic N) is 2. The van der Waals surface area contributed by atoms with Gasteiger partial charge in [0, 0.05) is 38.8 Å². The topological polar surface area (TPSA) is 48.9 Å². The van der Waals surface area contributed by atoms with Crippen LogP contribution in [0.1, 0.15) is 32.3 Å². The molecule has 1 heterocycles. The Morgan fingerprint density at radius 2 is 1.92 bits per heavy atom. The summed E-state index contributed by atoms with van der Waals surface area (Å²) in [5.74, 6) is 3.39. The predicted molar refractivity (Wildman–Crippen MR) is 105 cm³/mol. The molecule has 2 atom stereocenters. The van der Waals surface area contributed by atoms with Gasteiger partial charge in [-0.25, -0.2) is 0 Å². The molecule has 1 saturated heterocycles. The minimum absolute atomic E-state index is 0.699. The van der Waals surface area contributed by atoms with Crippen LogP contribution in [0.25, 0.3) is 0 Å². The summed E-state index contributed by atoms with van der Waals surface area (Å²) in [6.07, 6.45) is 2.50. The van der Waals surface area contributed by atoms with Gasteiger partial charge in [-0.1, -0.05) is 32.0 Å². The van der Waals surface area contributed by atoms with E-state index >= 15 is 0 Å². The van der Waals surface area contributed by atoms with Gasteiger partial charge in [-0.05, 0) is 37.3 Å². The Hall–Kier alpha value is -1.75. The van der Waals surface area contributed by atoms with E-state index in [0.29, 0.717) is 6.54 Å². The van der Waals surface area contributed by atoms with E-state index in [2.05, 4.69) is 40.4 Å². The number of benzene rings is 1. The Balaban J connectivity index is 1.68. The minimum Gasteiger partial charge on any atom is -0.496 e. The molecule has 1 aromatic carbocycles. The molecule has 1 aromatic rings. The molecule has 1 aliphatic rings. The molecule has 5 heteroatoms. The highest BCUT2D eigenvalue weighted by molar-refractivity contribution is 5.79. The van der Waals surface area contributed by atoms with Crippen LogP contribution in [-0.2, 0) is 6.54 Å². The summed E-state index contributed by atoms with van der Waals surface area (Å²) in [5, 5.41) is 6.77. The van der Waals surface area contributed by atoms with Gasteiger partial charge in [0.05, 0.1) is 7.11 Å². The summed E-state index contributed by atoms with van der Waals surface area (Å²) in [4.78, 5) is 6.91. The normalized spacial score (nSPS) is 21.8. The number of piperidine rings is 1. The Bertz CT molecular complexity index is 536. The van der Waals surface area contributed by atoms with Crippen molar-refractivity contribution in [3.05, 3.63) is 29.8 Å². The van der Waals surface area contributed by atoms with Crippen LogP contribution < -0.4 is 15.4 Å². The van der Waals surface area contributed by atoms with Gasteiger partial charge < -0.3 is 20.3 Å². The zero-order valence-corrected chi connectivity index (χ0v) is 16.2. The molecule has 1 aliphatic heterocycles. The van der Waals surface area contributed by atoms with Crippen LogP contribution in [-0.4, -0.2) is 51.2 Å². The van der Waals surface area contributed by atoms with Crippen molar-refractivity contribution in [2.45, 2.75) is 33.2 Å². The van der Waals surface area contributed by atoms with E-state index in [9.17, 15) is 0 Å². The first-order valence-electron chi connectivity index (χ1n) is 9.41. The van der Waals surface area contributed by atoms with Gasteiger partial charge in [-0.15, -0.1) is 0 Å². The molecule has 2 rings (SSSR count). The van der Waals surface area contributed by atoms with Crippen molar-refractivity contribution in [1.82, 2.24) is 15.5 Å². The van der Waals surface area contributed by atoms with E-state index in [0.717, 1.165) is 48.6 Å². The van der Waals surface area contributed by atoms with Crippen LogP contribution in [0.15, 0.2) is 29.3 Å². The van der Waals surface area contributed by atoms with Gasteiger partial charge in [0.2, 0.25) is 0 Å². The highest BCUT2D eigenvalue weighted by atomic mass is 16.5. The van der Waals surface area contributed by atoms with Gasteiger partial charge in [0.1, 0.15) is 5.75 Å². The second kappa shape index (κ2) is 10.3. The lowest BCUT2D eigenvalue weighted by atomic mass is 9.92. The van der Waals surface area contributed by atoms with Crippen LogP contribution >= 0.6 is 0 Å². The Labute approximate surface area is 152 Å². The standard InChI is InChI=1S/C20H34N4O/c1-16-12-17(2)15-24(14-16)11-7-10-22-20(21-3)23-13-18-8-5-6-9-19(18)25-4/h5-6,8-9,16-17H,7,10-15H2,1-4H3,(H2,21,22,23). The number of methoxy groups -OCH3 is 1. The summed E-state index contributed by atoms with van der Waals surface area (Å²) >= 11 is 0.